The molecule has 1 heterocycles. The predicted octanol–water partition coefficient (Wildman–Crippen LogP) is 1.42. The monoisotopic (exact) mass is 205 g/mol. The van der Waals surface area contributed by atoms with E-state index in [1.54, 1.807) is 0 Å². The van der Waals surface area contributed by atoms with E-state index in [0.717, 1.165) is 12.8 Å². The maximum atomic E-state index is 5.85. The van der Waals surface area contributed by atoms with E-state index in [1.165, 1.54) is 5.56 Å². The SMILES string of the molecule is CN(C)C(c1cccnc1)C1CC(N)C1. The molecule has 0 saturated heterocycles. The van der Waals surface area contributed by atoms with Gasteiger partial charge in [-0.25, -0.2) is 0 Å². The lowest BCUT2D eigenvalue weighted by Crippen LogP contribution is -2.43. The van der Waals surface area contributed by atoms with Crippen LogP contribution in [0.1, 0.15) is 24.4 Å². The van der Waals surface area contributed by atoms with E-state index in [2.05, 4.69) is 30.0 Å². The average molecular weight is 205 g/mol. The second-order valence-corrected chi connectivity index (χ2v) is 4.69. The topological polar surface area (TPSA) is 42.2 Å². The van der Waals surface area contributed by atoms with Crippen LogP contribution in [0.3, 0.4) is 0 Å². The van der Waals surface area contributed by atoms with Gasteiger partial charge in [0, 0.05) is 24.5 Å². The summed E-state index contributed by atoms with van der Waals surface area (Å²) in [5, 5.41) is 0. The van der Waals surface area contributed by atoms with Gasteiger partial charge in [-0.1, -0.05) is 6.07 Å². The quantitative estimate of drug-likeness (QED) is 0.811. The fourth-order valence-corrected chi connectivity index (χ4v) is 2.51. The fourth-order valence-electron chi connectivity index (χ4n) is 2.51. The van der Waals surface area contributed by atoms with E-state index in [4.69, 9.17) is 5.73 Å². The van der Waals surface area contributed by atoms with Crippen LogP contribution in [0.5, 0.6) is 0 Å². The Morgan fingerprint density at radius 1 is 1.47 bits per heavy atom. The van der Waals surface area contributed by atoms with Gasteiger partial charge in [0.15, 0.2) is 0 Å². The van der Waals surface area contributed by atoms with Crippen molar-refractivity contribution in [2.45, 2.75) is 24.9 Å². The molecule has 1 saturated carbocycles. The van der Waals surface area contributed by atoms with Gasteiger partial charge in [-0.3, -0.25) is 4.98 Å². The summed E-state index contributed by atoms with van der Waals surface area (Å²) in [4.78, 5) is 6.46. The van der Waals surface area contributed by atoms with E-state index in [0.29, 0.717) is 18.0 Å². The van der Waals surface area contributed by atoms with Crippen molar-refractivity contribution in [3.05, 3.63) is 30.1 Å². The first kappa shape index (κ1) is 10.6. The van der Waals surface area contributed by atoms with E-state index in [-0.39, 0.29) is 0 Å². The molecule has 3 heteroatoms. The summed E-state index contributed by atoms with van der Waals surface area (Å²) in [6.45, 7) is 0. The van der Waals surface area contributed by atoms with Gasteiger partial charge < -0.3 is 10.6 Å². The molecule has 1 aromatic heterocycles. The molecule has 82 valence electrons. The highest BCUT2D eigenvalue weighted by Gasteiger charge is 2.34. The molecular formula is C12H19N3. The molecule has 1 aromatic rings. The van der Waals surface area contributed by atoms with Crippen LogP contribution >= 0.6 is 0 Å². The van der Waals surface area contributed by atoms with Crippen molar-refractivity contribution in [3.8, 4) is 0 Å². The summed E-state index contributed by atoms with van der Waals surface area (Å²) < 4.78 is 0. The summed E-state index contributed by atoms with van der Waals surface area (Å²) in [7, 11) is 4.25. The zero-order valence-corrected chi connectivity index (χ0v) is 9.43. The van der Waals surface area contributed by atoms with Gasteiger partial charge in [0.1, 0.15) is 0 Å². The van der Waals surface area contributed by atoms with Crippen molar-refractivity contribution in [1.29, 1.82) is 0 Å². The first-order valence-corrected chi connectivity index (χ1v) is 5.50. The second kappa shape index (κ2) is 4.29. The maximum absolute atomic E-state index is 5.85. The molecule has 1 fully saturated rings. The molecule has 0 aliphatic heterocycles. The van der Waals surface area contributed by atoms with E-state index in [9.17, 15) is 0 Å². The van der Waals surface area contributed by atoms with Crippen molar-refractivity contribution in [1.82, 2.24) is 9.88 Å². The van der Waals surface area contributed by atoms with E-state index >= 15 is 0 Å². The molecule has 15 heavy (non-hydrogen) atoms. The van der Waals surface area contributed by atoms with Crippen molar-refractivity contribution in [2.75, 3.05) is 14.1 Å². The van der Waals surface area contributed by atoms with Gasteiger partial charge >= 0.3 is 0 Å². The largest absolute Gasteiger partial charge is 0.328 e. The van der Waals surface area contributed by atoms with Gasteiger partial charge in [-0.15, -0.1) is 0 Å². The summed E-state index contributed by atoms with van der Waals surface area (Å²) in [5.74, 6) is 0.694. The minimum Gasteiger partial charge on any atom is -0.328 e. The van der Waals surface area contributed by atoms with Crippen LogP contribution in [0.15, 0.2) is 24.5 Å². The van der Waals surface area contributed by atoms with E-state index < -0.39 is 0 Å². The van der Waals surface area contributed by atoms with Crippen molar-refractivity contribution in [3.63, 3.8) is 0 Å². The average Bonchev–Trinajstić information content (AvgIpc) is 2.17. The minimum atomic E-state index is 0.411. The molecule has 2 rings (SSSR count). The van der Waals surface area contributed by atoms with Gasteiger partial charge in [-0.2, -0.15) is 0 Å². The van der Waals surface area contributed by atoms with Crippen molar-refractivity contribution < 1.29 is 0 Å². The molecule has 0 radical (unpaired) electrons. The third-order valence-corrected chi connectivity index (χ3v) is 3.24. The maximum Gasteiger partial charge on any atom is 0.0386 e. The Labute approximate surface area is 91.3 Å². The van der Waals surface area contributed by atoms with Gasteiger partial charge in [0.05, 0.1) is 0 Å². The Kier molecular flexibility index (Phi) is 3.03. The Morgan fingerprint density at radius 2 is 2.20 bits per heavy atom. The highest BCUT2D eigenvalue weighted by Crippen LogP contribution is 2.39. The summed E-state index contributed by atoms with van der Waals surface area (Å²) in [5.41, 5.74) is 7.16. The lowest BCUT2D eigenvalue weighted by atomic mass is 9.74. The summed E-state index contributed by atoms with van der Waals surface area (Å²) in [6, 6.07) is 5.04. The first-order valence-electron chi connectivity index (χ1n) is 5.50. The number of hydrogen-bond acceptors (Lipinski definition) is 3. The molecule has 2 N–H and O–H groups in total. The molecule has 1 unspecified atom stereocenters. The van der Waals surface area contributed by atoms with Crippen LogP contribution < -0.4 is 5.73 Å². The van der Waals surface area contributed by atoms with Crippen molar-refractivity contribution in [2.24, 2.45) is 11.7 Å². The number of hydrogen-bond donors (Lipinski definition) is 1. The van der Waals surface area contributed by atoms with Crippen LogP contribution in [0.2, 0.25) is 0 Å². The van der Waals surface area contributed by atoms with Crippen molar-refractivity contribution >= 4 is 0 Å². The second-order valence-electron chi connectivity index (χ2n) is 4.69. The number of nitrogens with two attached hydrogens (primary N) is 1. The molecule has 1 aliphatic carbocycles. The number of pyridine rings is 1. The van der Waals surface area contributed by atoms with Crippen LogP contribution in [0, 0.1) is 5.92 Å². The first-order chi connectivity index (χ1) is 7.18. The Morgan fingerprint density at radius 3 is 2.67 bits per heavy atom. The van der Waals surface area contributed by atoms with Crippen LogP contribution in [-0.2, 0) is 0 Å². The van der Waals surface area contributed by atoms with Crippen LogP contribution in [0.25, 0.3) is 0 Å². The molecule has 0 aromatic carbocycles. The Hall–Kier alpha value is -0.930. The lowest BCUT2D eigenvalue weighted by molar-refractivity contribution is 0.123. The highest BCUT2D eigenvalue weighted by atomic mass is 15.1. The van der Waals surface area contributed by atoms with Crippen LogP contribution in [0.4, 0.5) is 0 Å². The standard InChI is InChI=1S/C12H19N3/c1-15(2)12(10-6-11(13)7-10)9-4-3-5-14-8-9/h3-5,8,10-12H,6-7,13H2,1-2H3. The number of nitrogens with zero attached hydrogens (tertiary/aromatic N) is 2. The Bertz CT molecular complexity index is 304. The molecule has 1 atom stereocenters. The Balaban J connectivity index is 2.14. The minimum absolute atomic E-state index is 0.411. The molecule has 0 bridgehead atoms. The molecule has 1 aliphatic rings. The lowest BCUT2D eigenvalue weighted by Gasteiger charge is -2.41. The molecular weight excluding hydrogens is 186 g/mol. The highest BCUT2D eigenvalue weighted by molar-refractivity contribution is 5.16. The third-order valence-electron chi connectivity index (χ3n) is 3.24. The van der Waals surface area contributed by atoms with Gasteiger partial charge in [0.25, 0.3) is 0 Å². The third kappa shape index (κ3) is 2.19. The molecule has 0 spiro atoms. The predicted molar refractivity (Wildman–Crippen MR) is 61.4 cm³/mol. The van der Waals surface area contributed by atoms with Gasteiger partial charge in [-0.05, 0) is 44.5 Å². The molecule has 3 nitrogen and oxygen atoms in total. The zero-order chi connectivity index (χ0) is 10.8. The van der Waals surface area contributed by atoms with Crippen LogP contribution in [-0.4, -0.2) is 30.0 Å². The molecule has 0 amide bonds. The number of rotatable bonds is 3. The normalized spacial score (nSPS) is 27.5. The fraction of sp³-hybridized carbons (Fsp3) is 0.583. The van der Waals surface area contributed by atoms with Gasteiger partial charge in [0.2, 0.25) is 0 Å². The zero-order valence-electron chi connectivity index (χ0n) is 9.43. The smallest absolute Gasteiger partial charge is 0.0386 e. The number of aromatic nitrogens is 1. The van der Waals surface area contributed by atoms with E-state index in [1.807, 2.05) is 18.5 Å². The summed E-state index contributed by atoms with van der Waals surface area (Å²) >= 11 is 0. The summed E-state index contributed by atoms with van der Waals surface area (Å²) in [6.07, 6.45) is 6.06.